The molecule has 2 heterocycles. The summed E-state index contributed by atoms with van der Waals surface area (Å²) in [6.07, 6.45) is -7.22. The van der Waals surface area contributed by atoms with Gasteiger partial charge in [0.2, 0.25) is 5.77 Å². The van der Waals surface area contributed by atoms with Crippen molar-refractivity contribution in [3.05, 3.63) is 206 Å². The molecule has 2 nitrogen and oxygen atoms in total. The summed E-state index contributed by atoms with van der Waals surface area (Å²) in [5.41, 5.74) is -10.6. The maximum absolute atomic E-state index is 15.4. The minimum absolute atomic E-state index is 0.200. The fourth-order valence-electron chi connectivity index (χ4n) is 7.42. The summed E-state index contributed by atoms with van der Waals surface area (Å²) in [6.45, 7) is 0. The zero-order valence-corrected chi connectivity index (χ0v) is 37.9. The Hall–Kier alpha value is -6.91. The van der Waals surface area contributed by atoms with E-state index in [1.165, 1.54) is 26.6 Å². The Labute approximate surface area is 407 Å². The lowest BCUT2D eigenvalue weighted by molar-refractivity contribution is -0.585. The van der Waals surface area contributed by atoms with Crippen LogP contribution in [0.25, 0.3) is 20.9 Å². The van der Waals surface area contributed by atoms with Crippen LogP contribution in [-0.2, 0) is 0 Å². The SMILES string of the molecule is Fc1c(F)c(F)c([B-](c2c(F)c(F)c(F)c(F)c2F)(c2c(F)c(F)c(F)c(F)c2F)c2c(F)c(F)c(F)c(F)c2F)c(F)c1F.N#Cc1ccc(-c2ccc([I+]c3ccc(-c4ccc(C#N)cc4)s3)s2)cc1. The molecule has 8 rings (SSSR count). The summed E-state index contributed by atoms with van der Waals surface area (Å²) in [5, 5.41) is 17.8. The lowest BCUT2D eigenvalue weighted by atomic mass is 9.12. The normalized spacial score (nSPS) is 11.4. The van der Waals surface area contributed by atoms with Crippen LogP contribution in [0, 0.1) is 145 Å². The second kappa shape index (κ2) is 20.3. The highest BCUT2D eigenvalue weighted by molar-refractivity contribution is 7.20. The van der Waals surface area contributed by atoms with Crippen LogP contribution < -0.4 is 43.1 Å². The topological polar surface area (TPSA) is 47.6 Å². The Balaban J connectivity index is 0.000000238. The largest absolute Gasteiger partial charge is 0.381 e. The Morgan fingerprint density at radius 2 is 0.500 bits per heavy atom. The molecule has 0 aliphatic rings. The number of rotatable bonds is 8. The molecular formula is C46H12BF20IN2S2. The average molecular weight is 1170 g/mol. The van der Waals surface area contributed by atoms with Crippen LogP contribution >= 0.6 is 22.7 Å². The second-order valence-corrected chi connectivity index (χ2v) is 21.0. The van der Waals surface area contributed by atoms with Gasteiger partial charge in [0.1, 0.15) is 52.7 Å². The van der Waals surface area contributed by atoms with Crippen molar-refractivity contribution in [2.24, 2.45) is 0 Å². The quantitative estimate of drug-likeness (QED) is 0.0503. The number of nitriles is 2. The molecule has 368 valence electrons. The summed E-state index contributed by atoms with van der Waals surface area (Å²) in [5.74, 6) is -71.4. The van der Waals surface area contributed by atoms with Crippen LogP contribution in [0.2, 0.25) is 0 Å². The van der Waals surface area contributed by atoms with Crippen LogP contribution in [0.5, 0.6) is 0 Å². The molecule has 8 aromatic rings. The molecule has 0 spiro atoms. The van der Waals surface area contributed by atoms with Gasteiger partial charge in [0.15, 0.2) is 69.8 Å². The molecule has 0 aliphatic heterocycles. The van der Waals surface area contributed by atoms with Crippen molar-refractivity contribution in [2.75, 3.05) is 0 Å². The third-order valence-corrected chi connectivity index (χ3v) is 16.6. The summed E-state index contributed by atoms with van der Waals surface area (Å²) in [4.78, 5) is 2.50. The molecule has 72 heavy (non-hydrogen) atoms. The Morgan fingerprint density at radius 3 is 0.708 bits per heavy atom. The van der Waals surface area contributed by atoms with Gasteiger partial charge in [0.05, 0.1) is 23.3 Å². The zero-order chi connectivity index (χ0) is 53.0. The molecule has 2 aromatic heterocycles. The van der Waals surface area contributed by atoms with E-state index in [1.54, 1.807) is 0 Å². The van der Waals surface area contributed by atoms with E-state index in [0.29, 0.717) is 11.1 Å². The predicted octanol–water partition coefficient (Wildman–Crippen LogP) is 8.86. The summed E-state index contributed by atoms with van der Waals surface area (Å²) in [7, 11) is 0. The maximum Gasteiger partial charge on any atom is 0.381 e. The first-order valence-corrected chi connectivity index (χ1v) is 22.8. The monoisotopic (exact) mass is 1170 g/mol. The molecule has 0 unspecified atom stereocenters. The summed E-state index contributed by atoms with van der Waals surface area (Å²) >= 11 is 3.48. The summed E-state index contributed by atoms with van der Waals surface area (Å²) in [6, 6.07) is 28.7. The zero-order valence-electron chi connectivity index (χ0n) is 34.2. The lowest BCUT2D eigenvalue weighted by Gasteiger charge is -2.44. The molecule has 0 fully saturated rings. The molecule has 0 aliphatic carbocycles. The fraction of sp³-hybridized carbons (Fsp3) is 0. The van der Waals surface area contributed by atoms with Crippen LogP contribution in [0.15, 0.2) is 72.8 Å². The summed E-state index contributed by atoms with van der Waals surface area (Å²) < 4.78 is 297. The predicted molar refractivity (Wildman–Crippen MR) is 216 cm³/mol. The van der Waals surface area contributed by atoms with E-state index in [1.807, 2.05) is 71.2 Å². The van der Waals surface area contributed by atoms with Crippen molar-refractivity contribution in [1.82, 2.24) is 0 Å². The van der Waals surface area contributed by atoms with E-state index >= 15 is 35.1 Å². The van der Waals surface area contributed by atoms with Crippen molar-refractivity contribution in [2.45, 2.75) is 0 Å². The van der Waals surface area contributed by atoms with Gasteiger partial charge in [0, 0.05) is 21.9 Å². The Kier molecular flexibility index (Phi) is 14.9. The first-order chi connectivity index (χ1) is 33.9. The van der Waals surface area contributed by atoms with Gasteiger partial charge >= 0.3 is 21.2 Å². The number of benzene rings is 6. The van der Waals surface area contributed by atoms with Crippen molar-refractivity contribution in [1.29, 1.82) is 10.5 Å². The van der Waals surface area contributed by atoms with E-state index in [0.717, 1.165) is 0 Å². The minimum Gasteiger partial charge on any atom is -0.207 e. The average Bonchev–Trinajstić information content (AvgIpc) is 4.06. The highest BCUT2D eigenvalue weighted by Crippen LogP contribution is 2.32. The van der Waals surface area contributed by atoms with Gasteiger partial charge in [0.25, 0.3) is 0 Å². The van der Waals surface area contributed by atoms with E-state index in [-0.39, 0.29) is 21.2 Å². The first kappa shape index (κ1) is 52.9. The van der Waals surface area contributed by atoms with E-state index in [4.69, 9.17) is 10.5 Å². The Morgan fingerprint density at radius 1 is 0.292 bits per heavy atom. The lowest BCUT2D eigenvalue weighted by Crippen LogP contribution is -3.61. The molecule has 0 saturated heterocycles. The van der Waals surface area contributed by atoms with Crippen molar-refractivity contribution >= 4 is 50.7 Å². The van der Waals surface area contributed by atoms with Gasteiger partial charge in [-0.05, 0) is 47.5 Å². The highest BCUT2D eigenvalue weighted by Gasteiger charge is 2.52. The molecule has 6 aromatic carbocycles. The van der Waals surface area contributed by atoms with Gasteiger partial charge in [-0.2, -0.15) is 10.5 Å². The van der Waals surface area contributed by atoms with Crippen LogP contribution in [0.4, 0.5) is 87.8 Å². The van der Waals surface area contributed by atoms with E-state index < -0.39 is 144 Å². The molecule has 0 radical (unpaired) electrons. The van der Waals surface area contributed by atoms with Crippen LogP contribution in [0.1, 0.15) is 11.1 Å². The third-order valence-electron chi connectivity index (χ3n) is 10.6. The highest BCUT2D eigenvalue weighted by atomic mass is 127. The van der Waals surface area contributed by atoms with Gasteiger partial charge in [-0.1, -0.05) is 46.9 Å². The van der Waals surface area contributed by atoms with E-state index in [2.05, 4.69) is 36.4 Å². The van der Waals surface area contributed by atoms with Crippen molar-refractivity contribution in [3.63, 3.8) is 0 Å². The van der Waals surface area contributed by atoms with Gasteiger partial charge in [-0.3, -0.25) is 0 Å². The molecule has 0 amide bonds. The number of hydrogen-bond donors (Lipinski definition) is 0. The number of halogens is 21. The molecule has 0 N–H and O–H groups in total. The van der Waals surface area contributed by atoms with Gasteiger partial charge in [-0.25, -0.2) is 87.8 Å². The maximum atomic E-state index is 15.4. The number of nitrogens with zero attached hydrogens (tertiary/aromatic N) is 2. The van der Waals surface area contributed by atoms with Gasteiger partial charge < -0.3 is 0 Å². The first-order valence-electron chi connectivity index (χ1n) is 19.0. The fourth-order valence-corrected chi connectivity index (χ4v) is 13.7. The standard InChI is InChI=1S/C24BF20.C22H12IN2S2/c26-5-1(6(27)14(35)21(42)13(5)34)25(2-7(28)15(36)22(43)16(37)8(2)29,3-9(30)17(38)23(44)18(39)10(3)31)4-11(32)19(40)24(45)20(41)12(4)33;24-13-15-1-5-17(6-2-15)19-9-11-21(26-19)23-22-12-10-20(27-22)18-7-3-16(14-25)4-8-18/h;1-12H/q-1;+1. The number of hydrogen-bond acceptors (Lipinski definition) is 4. The Bertz CT molecular complexity index is 3110. The van der Waals surface area contributed by atoms with Crippen molar-refractivity contribution in [3.8, 4) is 33.0 Å². The smallest absolute Gasteiger partial charge is 0.207 e. The van der Waals surface area contributed by atoms with Crippen LogP contribution in [-0.4, -0.2) is 6.15 Å². The minimum atomic E-state index is -7.22. The van der Waals surface area contributed by atoms with Gasteiger partial charge in [-0.15, -0.1) is 21.9 Å². The van der Waals surface area contributed by atoms with Crippen LogP contribution in [0.3, 0.4) is 0 Å². The molecule has 26 heteroatoms. The molecular weight excluding hydrogens is 1160 g/mol. The molecule has 0 saturated carbocycles. The molecule has 0 atom stereocenters. The number of thiophene rings is 2. The van der Waals surface area contributed by atoms with E-state index in [9.17, 15) is 52.7 Å². The molecule has 0 bridgehead atoms. The van der Waals surface area contributed by atoms with Crippen molar-refractivity contribution < 1.29 is 109 Å². The second-order valence-electron chi connectivity index (χ2n) is 14.5. The third kappa shape index (κ3) is 8.71.